The van der Waals surface area contributed by atoms with Crippen LogP contribution < -0.4 is 0 Å². The predicted octanol–water partition coefficient (Wildman–Crippen LogP) is 1.32. The van der Waals surface area contributed by atoms with Crippen molar-refractivity contribution in [2.24, 2.45) is 0 Å². The summed E-state index contributed by atoms with van der Waals surface area (Å²) in [6.07, 6.45) is -1.23. The summed E-state index contributed by atoms with van der Waals surface area (Å²) in [6, 6.07) is 6.50. The van der Waals surface area contributed by atoms with Crippen LogP contribution >= 0.6 is 0 Å². The summed E-state index contributed by atoms with van der Waals surface area (Å²) in [4.78, 5) is 5.50. The van der Waals surface area contributed by atoms with Crippen molar-refractivity contribution < 1.29 is 10.2 Å². The molecule has 1 aromatic carbocycles. The summed E-state index contributed by atoms with van der Waals surface area (Å²) < 4.78 is 0. The van der Waals surface area contributed by atoms with Gasteiger partial charge in [0, 0.05) is 36.2 Å². The van der Waals surface area contributed by atoms with Crippen LogP contribution in [0.15, 0.2) is 18.2 Å². The number of nitrogens with zero attached hydrogens (tertiary/aromatic N) is 1. The number of aliphatic hydroxyl groups is 2. The number of aryl methyl sites for hydroxylation is 2. The van der Waals surface area contributed by atoms with E-state index in [2.05, 4.69) is 41.9 Å². The van der Waals surface area contributed by atoms with Crippen LogP contribution in [0.1, 0.15) is 16.8 Å². The predicted molar refractivity (Wildman–Crippen MR) is 75.1 cm³/mol. The Hall–Kier alpha value is -1.36. The first-order valence-electron chi connectivity index (χ1n) is 6.70. The lowest BCUT2D eigenvalue weighted by Gasteiger charge is -2.12. The standard InChI is InChI=1S/C15H20N2O2/c1-9-3-10(2)12-5-11(16-13(12)4-9)6-17-7-14(18)15(19)8-17/h3-5,14-16,18-19H,6-8H2,1-2H3/t14-,15+. The van der Waals surface area contributed by atoms with E-state index in [1.54, 1.807) is 0 Å². The maximum Gasteiger partial charge on any atom is 0.0938 e. The Bertz CT molecular complexity index is 595. The van der Waals surface area contributed by atoms with Gasteiger partial charge in [-0.3, -0.25) is 4.90 Å². The number of aliphatic hydroxyl groups excluding tert-OH is 2. The number of β-amino-alcohol motifs (C(OH)–C–C–N with tert-alkyl or cyclic N) is 2. The van der Waals surface area contributed by atoms with Gasteiger partial charge in [0.25, 0.3) is 0 Å². The number of likely N-dealkylation sites (tertiary alicyclic amines) is 1. The van der Waals surface area contributed by atoms with Gasteiger partial charge in [0.15, 0.2) is 0 Å². The van der Waals surface area contributed by atoms with Crippen molar-refractivity contribution in [3.63, 3.8) is 0 Å². The zero-order valence-electron chi connectivity index (χ0n) is 11.3. The molecule has 0 saturated carbocycles. The van der Waals surface area contributed by atoms with E-state index in [9.17, 15) is 10.2 Å². The zero-order valence-corrected chi connectivity index (χ0v) is 11.3. The number of hydrogen-bond acceptors (Lipinski definition) is 3. The lowest BCUT2D eigenvalue weighted by molar-refractivity contribution is 0.0572. The lowest BCUT2D eigenvalue weighted by atomic mass is 10.1. The van der Waals surface area contributed by atoms with Crippen molar-refractivity contribution >= 4 is 10.9 Å². The lowest BCUT2D eigenvalue weighted by Crippen LogP contribution is -2.22. The number of hydrogen-bond donors (Lipinski definition) is 3. The maximum absolute atomic E-state index is 9.56. The van der Waals surface area contributed by atoms with Crippen LogP contribution in [0.4, 0.5) is 0 Å². The molecule has 1 saturated heterocycles. The van der Waals surface area contributed by atoms with E-state index in [0.717, 1.165) is 17.8 Å². The first-order chi connectivity index (χ1) is 9.02. The van der Waals surface area contributed by atoms with Crippen molar-refractivity contribution in [2.45, 2.75) is 32.6 Å². The second-order valence-corrected chi connectivity index (χ2v) is 5.67. The molecule has 0 spiro atoms. The van der Waals surface area contributed by atoms with Gasteiger partial charge in [-0.25, -0.2) is 0 Å². The summed E-state index contributed by atoms with van der Waals surface area (Å²) in [6.45, 7) is 6.03. The smallest absolute Gasteiger partial charge is 0.0938 e. The van der Waals surface area contributed by atoms with Gasteiger partial charge < -0.3 is 15.2 Å². The van der Waals surface area contributed by atoms with Crippen molar-refractivity contribution in [2.75, 3.05) is 13.1 Å². The Labute approximate surface area is 112 Å². The molecule has 102 valence electrons. The van der Waals surface area contributed by atoms with E-state index in [1.807, 2.05) is 0 Å². The molecule has 0 amide bonds. The molecular weight excluding hydrogens is 240 g/mol. The van der Waals surface area contributed by atoms with Gasteiger partial charge in [0.05, 0.1) is 12.2 Å². The van der Waals surface area contributed by atoms with Gasteiger partial charge in [-0.15, -0.1) is 0 Å². The molecule has 0 radical (unpaired) electrons. The molecule has 4 nitrogen and oxygen atoms in total. The summed E-state index contributed by atoms with van der Waals surface area (Å²) in [5, 5.41) is 20.4. The largest absolute Gasteiger partial charge is 0.389 e. The fourth-order valence-corrected chi connectivity index (χ4v) is 2.96. The fourth-order valence-electron chi connectivity index (χ4n) is 2.96. The van der Waals surface area contributed by atoms with Crippen LogP contribution in [0.2, 0.25) is 0 Å². The topological polar surface area (TPSA) is 59.5 Å². The number of aromatic nitrogens is 1. The van der Waals surface area contributed by atoms with Gasteiger partial charge in [0.2, 0.25) is 0 Å². The third kappa shape index (κ3) is 2.39. The number of fused-ring (bicyclic) bond motifs is 1. The molecule has 1 aliphatic heterocycles. The van der Waals surface area contributed by atoms with Gasteiger partial charge in [-0.05, 0) is 37.1 Å². The molecule has 3 N–H and O–H groups in total. The van der Waals surface area contributed by atoms with E-state index in [0.29, 0.717) is 13.1 Å². The number of rotatable bonds is 2. The van der Waals surface area contributed by atoms with E-state index >= 15 is 0 Å². The summed E-state index contributed by atoms with van der Waals surface area (Å²) in [5.41, 5.74) is 4.82. The highest BCUT2D eigenvalue weighted by molar-refractivity contribution is 5.84. The van der Waals surface area contributed by atoms with Gasteiger partial charge in [0.1, 0.15) is 0 Å². The van der Waals surface area contributed by atoms with Crippen LogP contribution in [-0.4, -0.2) is 45.4 Å². The molecule has 2 heterocycles. The Morgan fingerprint density at radius 2 is 1.84 bits per heavy atom. The van der Waals surface area contributed by atoms with Gasteiger partial charge in [-0.2, -0.15) is 0 Å². The number of H-pyrrole nitrogens is 1. The molecule has 2 atom stereocenters. The molecule has 3 rings (SSSR count). The van der Waals surface area contributed by atoms with Crippen LogP contribution in [-0.2, 0) is 6.54 Å². The minimum Gasteiger partial charge on any atom is -0.389 e. The normalized spacial score (nSPS) is 24.4. The average Bonchev–Trinajstić information content (AvgIpc) is 2.83. The summed E-state index contributed by atoms with van der Waals surface area (Å²) >= 11 is 0. The van der Waals surface area contributed by atoms with Crippen molar-refractivity contribution in [1.29, 1.82) is 0 Å². The molecule has 0 bridgehead atoms. The number of aromatic amines is 1. The fraction of sp³-hybridized carbons (Fsp3) is 0.467. The van der Waals surface area contributed by atoms with E-state index in [-0.39, 0.29) is 0 Å². The molecule has 4 heteroatoms. The van der Waals surface area contributed by atoms with Crippen LogP contribution in [0, 0.1) is 13.8 Å². The van der Waals surface area contributed by atoms with Crippen LogP contribution in [0.5, 0.6) is 0 Å². The van der Waals surface area contributed by atoms with Crippen molar-refractivity contribution in [3.8, 4) is 0 Å². The molecule has 0 aliphatic carbocycles. The number of nitrogens with one attached hydrogen (secondary N) is 1. The average molecular weight is 260 g/mol. The Morgan fingerprint density at radius 1 is 1.16 bits per heavy atom. The summed E-state index contributed by atoms with van der Waals surface area (Å²) in [7, 11) is 0. The molecule has 1 fully saturated rings. The Balaban J connectivity index is 1.84. The number of benzene rings is 1. The molecule has 2 aromatic rings. The van der Waals surface area contributed by atoms with E-state index in [4.69, 9.17) is 0 Å². The highest BCUT2D eigenvalue weighted by Gasteiger charge is 2.29. The van der Waals surface area contributed by atoms with Crippen molar-refractivity contribution in [1.82, 2.24) is 9.88 Å². The summed E-state index contributed by atoms with van der Waals surface area (Å²) in [5.74, 6) is 0. The molecule has 1 aromatic heterocycles. The second kappa shape index (κ2) is 4.63. The quantitative estimate of drug-likeness (QED) is 0.763. The highest BCUT2D eigenvalue weighted by atomic mass is 16.3. The monoisotopic (exact) mass is 260 g/mol. The third-order valence-electron chi connectivity index (χ3n) is 3.87. The van der Waals surface area contributed by atoms with E-state index in [1.165, 1.54) is 16.5 Å². The highest BCUT2D eigenvalue weighted by Crippen LogP contribution is 2.23. The Morgan fingerprint density at radius 3 is 2.53 bits per heavy atom. The second-order valence-electron chi connectivity index (χ2n) is 5.67. The molecular formula is C15H20N2O2. The molecule has 19 heavy (non-hydrogen) atoms. The third-order valence-corrected chi connectivity index (χ3v) is 3.87. The van der Waals surface area contributed by atoms with Gasteiger partial charge >= 0.3 is 0 Å². The minimum atomic E-state index is -0.617. The first kappa shape index (κ1) is 12.7. The van der Waals surface area contributed by atoms with Gasteiger partial charge in [-0.1, -0.05) is 6.07 Å². The SMILES string of the molecule is Cc1cc(C)c2cc(CN3C[C@@H](O)[C@@H](O)C3)[nH]c2c1. The molecule has 1 aliphatic rings. The van der Waals surface area contributed by atoms with Crippen molar-refractivity contribution in [3.05, 3.63) is 35.0 Å². The van der Waals surface area contributed by atoms with Crippen LogP contribution in [0.3, 0.4) is 0 Å². The maximum atomic E-state index is 9.56. The zero-order chi connectivity index (χ0) is 13.6. The first-order valence-corrected chi connectivity index (χ1v) is 6.70. The minimum absolute atomic E-state index is 0.536. The van der Waals surface area contributed by atoms with E-state index < -0.39 is 12.2 Å². The molecule has 0 unspecified atom stereocenters. The van der Waals surface area contributed by atoms with Crippen LogP contribution in [0.25, 0.3) is 10.9 Å². The Kier molecular flexibility index (Phi) is 3.09.